The van der Waals surface area contributed by atoms with Crippen LogP contribution >= 0.6 is 11.3 Å². The van der Waals surface area contributed by atoms with Crippen molar-refractivity contribution in [2.24, 2.45) is 0 Å². The van der Waals surface area contributed by atoms with E-state index in [9.17, 15) is 0 Å². The second kappa shape index (κ2) is 5.63. The van der Waals surface area contributed by atoms with Crippen LogP contribution in [0, 0.1) is 6.92 Å². The molecule has 108 valence electrons. The van der Waals surface area contributed by atoms with Gasteiger partial charge in [0.05, 0.1) is 35.2 Å². The summed E-state index contributed by atoms with van der Waals surface area (Å²) >= 11 is 1.72. The maximum absolute atomic E-state index is 5.23. The van der Waals surface area contributed by atoms with E-state index < -0.39 is 0 Å². The monoisotopic (exact) mass is 292 g/mol. The number of aryl methyl sites for hydroxylation is 1. The van der Waals surface area contributed by atoms with Crippen LogP contribution in [-0.4, -0.2) is 33.1 Å². The number of thiazole rings is 1. The lowest BCUT2D eigenvalue weighted by atomic mass is 10.2. The molecule has 1 aliphatic heterocycles. The zero-order valence-electron chi connectivity index (χ0n) is 12.2. The Morgan fingerprint density at radius 3 is 3.00 bits per heavy atom. The predicted molar refractivity (Wildman–Crippen MR) is 78.6 cm³/mol. The van der Waals surface area contributed by atoms with Gasteiger partial charge in [0, 0.05) is 32.1 Å². The van der Waals surface area contributed by atoms with E-state index in [1.165, 1.54) is 5.69 Å². The average molecular weight is 292 g/mol. The normalized spacial score (nSPS) is 19.2. The lowest BCUT2D eigenvalue weighted by Crippen LogP contribution is -2.37. The molecule has 0 saturated heterocycles. The van der Waals surface area contributed by atoms with Gasteiger partial charge in [-0.1, -0.05) is 0 Å². The first-order valence-electron chi connectivity index (χ1n) is 6.87. The van der Waals surface area contributed by atoms with Gasteiger partial charge in [-0.3, -0.25) is 4.90 Å². The summed E-state index contributed by atoms with van der Waals surface area (Å²) in [7, 11) is 1.73. The zero-order chi connectivity index (χ0) is 14.1. The molecule has 1 aliphatic rings. The number of hydrogen-bond acceptors (Lipinski definition) is 5. The Labute approximate surface area is 123 Å². The first kappa shape index (κ1) is 13.7. The first-order valence-corrected chi connectivity index (χ1v) is 7.75. The van der Waals surface area contributed by atoms with Crippen molar-refractivity contribution in [3.8, 4) is 0 Å². The Balaban J connectivity index is 1.77. The fourth-order valence-corrected chi connectivity index (χ4v) is 3.38. The number of rotatable bonds is 4. The highest BCUT2D eigenvalue weighted by atomic mass is 32.1. The Morgan fingerprint density at radius 1 is 1.45 bits per heavy atom. The molecule has 6 heteroatoms. The van der Waals surface area contributed by atoms with Crippen molar-refractivity contribution >= 4 is 11.3 Å². The van der Waals surface area contributed by atoms with Crippen LogP contribution in [0.2, 0.25) is 0 Å². The molecule has 2 aromatic rings. The van der Waals surface area contributed by atoms with E-state index >= 15 is 0 Å². The quantitative estimate of drug-likeness (QED) is 0.868. The lowest BCUT2D eigenvalue weighted by Gasteiger charge is -2.33. The Bertz CT molecular complexity index is 592. The van der Waals surface area contributed by atoms with Crippen LogP contribution in [0.5, 0.6) is 0 Å². The summed E-state index contributed by atoms with van der Waals surface area (Å²) in [6.07, 6.45) is 1.94. The van der Waals surface area contributed by atoms with Crippen LogP contribution < -0.4 is 0 Å². The van der Waals surface area contributed by atoms with Gasteiger partial charge in [0.2, 0.25) is 0 Å². The minimum atomic E-state index is 0.316. The van der Waals surface area contributed by atoms with Gasteiger partial charge in [-0.25, -0.2) is 9.97 Å². The molecular formula is C14H20N4OS. The van der Waals surface area contributed by atoms with Gasteiger partial charge in [0.25, 0.3) is 0 Å². The maximum Gasteiger partial charge on any atom is 0.126 e. The average Bonchev–Trinajstić information content (AvgIpc) is 3.01. The molecule has 1 atom stereocenters. The van der Waals surface area contributed by atoms with Gasteiger partial charge in [-0.15, -0.1) is 11.3 Å². The highest BCUT2D eigenvalue weighted by molar-refractivity contribution is 7.09. The van der Waals surface area contributed by atoms with E-state index in [1.807, 2.05) is 6.20 Å². The van der Waals surface area contributed by atoms with E-state index in [1.54, 1.807) is 18.4 Å². The standard InChI is InChI=1S/C14H20N4OS/c1-10-14-15-6-13(8-19-3)18(14)5-4-17(10)7-12-9-20-11(2)16-12/h6,9-10H,4-5,7-8H2,1-3H3/t10-/m1/s1. The van der Waals surface area contributed by atoms with Crippen LogP contribution in [0.3, 0.4) is 0 Å². The van der Waals surface area contributed by atoms with Gasteiger partial charge >= 0.3 is 0 Å². The summed E-state index contributed by atoms with van der Waals surface area (Å²) in [5, 5.41) is 3.29. The largest absolute Gasteiger partial charge is 0.378 e. The molecular weight excluding hydrogens is 272 g/mol. The number of methoxy groups -OCH3 is 1. The minimum absolute atomic E-state index is 0.316. The molecule has 0 N–H and O–H groups in total. The van der Waals surface area contributed by atoms with E-state index in [4.69, 9.17) is 4.74 Å². The topological polar surface area (TPSA) is 43.2 Å². The summed E-state index contributed by atoms with van der Waals surface area (Å²) in [6, 6.07) is 0.316. The van der Waals surface area contributed by atoms with E-state index in [0.717, 1.165) is 36.2 Å². The summed E-state index contributed by atoms with van der Waals surface area (Å²) in [5.41, 5.74) is 2.33. The third-order valence-corrected chi connectivity index (χ3v) is 4.65. The van der Waals surface area contributed by atoms with Crippen molar-refractivity contribution in [1.29, 1.82) is 0 Å². The van der Waals surface area contributed by atoms with Crippen molar-refractivity contribution in [3.63, 3.8) is 0 Å². The van der Waals surface area contributed by atoms with Gasteiger partial charge in [-0.2, -0.15) is 0 Å². The molecule has 0 aliphatic carbocycles. The van der Waals surface area contributed by atoms with Crippen LogP contribution in [0.25, 0.3) is 0 Å². The van der Waals surface area contributed by atoms with Crippen LogP contribution in [0.1, 0.15) is 35.2 Å². The SMILES string of the molecule is COCc1cnc2n1CCN(Cc1csc(C)n1)[C@@H]2C. The molecule has 0 spiro atoms. The number of aromatic nitrogens is 3. The first-order chi connectivity index (χ1) is 9.69. The van der Waals surface area contributed by atoms with Crippen LogP contribution in [0.15, 0.2) is 11.6 Å². The number of fused-ring (bicyclic) bond motifs is 1. The van der Waals surface area contributed by atoms with Gasteiger partial charge < -0.3 is 9.30 Å². The number of nitrogens with zero attached hydrogens (tertiary/aromatic N) is 4. The van der Waals surface area contributed by atoms with Crippen molar-refractivity contribution < 1.29 is 4.74 Å². The Morgan fingerprint density at radius 2 is 2.30 bits per heavy atom. The fraction of sp³-hybridized carbons (Fsp3) is 0.571. The van der Waals surface area contributed by atoms with Crippen molar-refractivity contribution in [2.75, 3.05) is 13.7 Å². The summed E-state index contributed by atoms with van der Waals surface area (Å²) in [4.78, 5) is 11.6. The second-order valence-corrected chi connectivity index (χ2v) is 6.26. The Hall–Kier alpha value is -1.24. The molecule has 3 heterocycles. The van der Waals surface area contributed by atoms with Gasteiger partial charge in [0.15, 0.2) is 0 Å². The number of imidazole rings is 1. The second-order valence-electron chi connectivity index (χ2n) is 5.20. The maximum atomic E-state index is 5.23. The molecule has 0 fully saturated rings. The van der Waals surface area contributed by atoms with E-state index in [0.29, 0.717) is 12.6 Å². The van der Waals surface area contributed by atoms with E-state index in [2.05, 4.69) is 38.7 Å². The molecule has 0 bridgehead atoms. The lowest BCUT2D eigenvalue weighted by molar-refractivity contribution is 0.142. The molecule has 20 heavy (non-hydrogen) atoms. The third kappa shape index (κ3) is 2.51. The molecule has 0 aromatic carbocycles. The molecule has 0 unspecified atom stereocenters. The molecule has 3 rings (SSSR count). The predicted octanol–water partition coefficient (Wildman–Crippen LogP) is 2.37. The molecule has 0 amide bonds. The fourth-order valence-electron chi connectivity index (χ4n) is 2.77. The number of hydrogen-bond donors (Lipinski definition) is 0. The van der Waals surface area contributed by atoms with Gasteiger partial charge in [-0.05, 0) is 13.8 Å². The minimum Gasteiger partial charge on any atom is -0.378 e. The third-order valence-electron chi connectivity index (χ3n) is 3.83. The van der Waals surface area contributed by atoms with E-state index in [-0.39, 0.29) is 0 Å². The molecule has 0 saturated carbocycles. The molecule has 2 aromatic heterocycles. The van der Waals surface area contributed by atoms with Crippen molar-refractivity contribution in [3.05, 3.63) is 33.8 Å². The molecule has 5 nitrogen and oxygen atoms in total. The van der Waals surface area contributed by atoms with Crippen LogP contribution in [-0.2, 0) is 24.4 Å². The summed E-state index contributed by atoms with van der Waals surface area (Å²) in [6.45, 7) is 7.80. The summed E-state index contributed by atoms with van der Waals surface area (Å²) < 4.78 is 7.52. The summed E-state index contributed by atoms with van der Waals surface area (Å²) in [5.74, 6) is 1.13. The number of ether oxygens (including phenoxy) is 1. The highest BCUT2D eigenvalue weighted by Crippen LogP contribution is 2.27. The smallest absolute Gasteiger partial charge is 0.126 e. The van der Waals surface area contributed by atoms with Crippen molar-refractivity contribution in [2.45, 2.75) is 39.6 Å². The highest BCUT2D eigenvalue weighted by Gasteiger charge is 2.27. The molecule has 0 radical (unpaired) electrons. The van der Waals surface area contributed by atoms with Crippen molar-refractivity contribution in [1.82, 2.24) is 19.4 Å². The Kier molecular flexibility index (Phi) is 3.87. The van der Waals surface area contributed by atoms with Gasteiger partial charge in [0.1, 0.15) is 5.82 Å². The zero-order valence-corrected chi connectivity index (χ0v) is 13.0. The van der Waals surface area contributed by atoms with Crippen LogP contribution in [0.4, 0.5) is 0 Å².